The molecule has 8 N–H and O–H groups in total. The van der Waals surface area contributed by atoms with Gasteiger partial charge in [-0.3, -0.25) is 19.2 Å². The van der Waals surface area contributed by atoms with Crippen molar-refractivity contribution in [2.75, 3.05) is 58.1 Å². The second-order valence-corrected chi connectivity index (χ2v) is 14.3. The number of amides is 4. The normalized spacial score (nSPS) is 24.5. The van der Waals surface area contributed by atoms with Crippen molar-refractivity contribution in [2.24, 2.45) is 23.7 Å². The Balaban J connectivity index is 0.000000167. The average Bonchev–Trinajstić information content (AvgIpc) is 4.07. The van der Waals surface area contributed by atoms with Gasteiger partial charge >= 0.3 is 0 Å². The maximum atomic E-state index is 12.3. The molecular formula is C38H40N12O4. The predicted octanol–water partition coefficient (Wildman–Crippen LogP) is 2.48. The number of fused-ring (bicyclic) bond motifs is 2. The van der Waals surface area contributed by atoms with Gasteiger partial charge in [0.05, 0.1) is 48.9 Å². The molecule has 2 aliphatic heterocycles. The fourth-order valence-corrected chi connectivity index (χ4v) is 7.06. The van der Waals surface area contributed by atoms with Crippen LogP contribution in [0, 0.1) is 46.3 Å². The van der Waals surface area contributed by atoms with Crippen LogP contribution < -0.4 is 42.5 Å². The van der Waals surface area contributed by atoms with Crippen LogP contribution in [-0.4, -0.2) is 71.9 Å². The Morgan fingerprint density at radius 2 is 1.13 bits per heavy atom. The first-order chi connectivity index (χ1) is 25.9. The third-order valence-corrected chi connectivity index (χ3v) is 10.2. The van der Waals surface area contributed by atoms with Crippen LogP contribution in [0.15, 0.2) is 48.8 Å². The van der Waals surface area contributed by atoms with E-state index in [4.69, 9.17) is 22.0 Å². The summed E-state index contributed by atoms with van der Waals surface area (Å²) in [6, 6.07) is 15.1. The third-order valence-electron chi connectivity index (χ3n) is 10.2. The number of benzene rings is 2. The fraction of sp³-hybridized carbons (Fsp3) is 0.368. The minimum absolute atomic E-state index is 0.00800. The van der Waals surface area contributed by atoms with Crippen molar-refractivity contribution in [3.63, 3.8) is 0 Å². The molecule has 0 spiro atoms. The summed E-state index contributed by atoms with van der Waals surface area (Å²) in [5, 5.41) is 32.5. The van der Waals surface area contributed by atoms with Crippen LogP contribution in [0.4, 0.5) is 34.4 Å². The molecule has 2 unspecified atom stereocenters. The van der Waals surface area contributed by atoms with Gasteiger partial charge in [0, 0.05) is 71.1 Å². The summed E-state index contributed by atoms with van der Waals surface area (Å²) < 4.78 is 0. The highest BCUT2D eigenvalue weighted by molar-refractivity contribution is 6.05. The van der Waals surface area contributed by atoms with E-state index in [0.717, 1.165) is 32.9 Å². The lowest BCUT2D eigenvalue weighted by molar-refractivity contribution is -0.119. The van der Waals surface area contributed by atoms with Gasteiger partial charge in [-0.1, -0.05) is 0 Å². The summed E-state index contributed by atoms with van der Waals surface area (Å²) in [5.74, 6) is -0.503. The Labute approximate surface area is 310 Å². The van der Waals surface area contributed by atoms with E-state index in [-0.39, 0.29) is 59.4 Å². The lowest BCUT2D eigenvalue weighted by Crippen LogP contribution is -2.53. The summed E-state index contributed by atoms with van der Waals surface area (Å²) in [6.45, 7) is 5.96. The van der Waals surface area contributed by atoms with Gasteiger partial charge in [-0.05, 0) is 73.9 Å². The van der Waals surface area contributed by atoms with E-state index < -0.39 is 0 Å². The van der Waals surface area contributed by atoms with E-state index in [2.05, 4.69) is 43.4 Å². The van der Waals surface area contributed by atoms with Crippen LogP contribution in [0.1, 0.15) is 26.7 Å². The van der Waals surface area contributed by atoms with Crippen LogP contribution >= 0.6 is 0 Å². The highest BCUT2D eigenvalue weighted by Gasteiger charge is 2.44. The lowest BCUT2D eigenvalue weighted by atomic mass is 10.1. The summed E-state index contributed by atoms with van der Waals surface area (Å²) >= 11 is 0. The van der Waals surface area contributed by atoms with Crippen LogP contribution in [-0.2, 0) is 19.2 Å². The Morgan fingerprint density at radius 1 is 0.722 bits per heavy atom. The molecule has 54 heavy (non-hydrogen) atoms. The third kappa shape index (κ3) is 7.30. The number of carbonyl (C=O) groups is 4. The number of hydrogen-bond donors (Lipinski definition) is 6. The summed E-state index contributed by atoms with van der Waals surface area (Å²) in [4.78, 5) is 61.0. The molecule has 4 heterocycles. The molecule has 4 aromatic rings. The summed E-state index contributed by atoms with van der Waals surface area (Å²) in [5.41, 5.74) is 14.9. The molecule has 2 aromatic heterocycles. The van der Waals surface area contributed by atoms with E-state index in [9.17, 15) is 19.2 Å². The number of rotatable bonds is 6. The van der Waals surface area contributed by atoms with Crippen molar-refractivity contribution >= 4 is 79.6 Å². The number of carbonyl (C=O) groups excluding carboxylic acids is 4. The highest BCUT2D eigenvalue weighted by Crippen LogP contribution is 2.40. The molecule has 6 atom stereocenters. The van der Waals surface area contributed by atoms with E-state index in [1.54, 1.807) is 46.5 Å². The molecule has 4 amide bonds. The number of nitrogens with zero attached hydrogens (tertiary/aromatic N) is 6. The fourth-order valence-electron chi connectivity index (χ4n) is 7.06. The van der Waals surface area contributed by atoms with Crippen molar-refractivity contribution in [1.29, 1.82) is 10.5 Å². The van der Waals surface area contributed by atoms with Gasteiger partial charge in [0.25, 0.3) is 0 Å². The Kier molecular flexibility index (Phi) is 9.72. The zero-order chi connectivity index (χ0) is 38.3. The quantitative estimate of drug-likeness (QED) is 0.157. The number of anilines is 6. The topological polar surface area (TPSA) is 248 Å². The Hall–Kier alpha value is -6.36. The number of aromatic nitrogens is 2. The maximum Gasteiger partial charge on any atom is 0.241 e. The van der Waals surface area contributed by atoms with Crippen LogP contribution in [0.5, 0.6) is 0 Å². The molecule has 4 fully saturated rings. The van der Waals surface area contributed by atoms with Crippen LogP contribution in [0.3, 0.4) is 0 Å². The number of nitrogens with two attached hydrogens (primary N) is 2. The van der Waals surface area contributed by atoms with Gasteiger partial charge in [0.2, 0.25) is 23.6 Å². The van der Waals surface area contributed by atoms with Crippen molar-refractivity contribution < 1.29 is 19.2 Å². The van der Waals surface area contributed by atoms with Crippen LogP contribution in [0.25, 0.3) is 21.5 Å². The molecular weight excluding hydrogens is 688 g/mol. The number of nitriles is 2. The monoisotopic (exact) mass is 728 g/mol. The molecule has 276 valence electrons. The van der Waals surface area contributed by atoms with E-state index in [0.29, 0.717) is 62.0 Å². The zero-order valence-electron chi connectivity index (χ0n) is 29.8. The SMILES string of the molecule is CC1CNCC(=O)N1c1cc(N)c2cnc(NC(=O)[C@@H]3C[C@H]3C#N)cc2c1.CC1CNCC(=O)N1c1cc(N)c2cnc(NC(=O)[C@H]3C[C@@H]3C#N)cc2c1. The van der Waals surface area contributed by atoms with E-state index in [1.807, 2.05) is 26.0 Å². The van der Waals surface area contributed by atoms with Gasteiger partial charge in [0.15, 0.2) is 0 Å². The van der Waals surface area contributed by atoms with Crippen molar-refractivity contribution in [3.05, 3.63) is 48.8 Å². The smallest absolute Gasteiger partial charge is 0.241 e. The maximum absolute atomic E-state index is 12.3. The molecule has 2 saturated carbocycles. The van der Waals surface area contributed by atoms with Gasteiger partial charge in [-0.2, -0.15) is 10.5 Å². The Morgan fingerprint density at radius 3 is 1.48 bits per heavy atom. The summed E-state index contributed by atoms with van der Waals surface area (Å²) in [6.07, 6.45) is 4.41. The predicted molar refractivity (Wildman–Crippen MR) is 204 cm³/mol. The van der Waals surface area contributed by atoms with Crippen molar-refractivity contribution in [2.45, 2.75) is 38.8 Å². The number of pyridine rings is 2. The number of piperazine rings is 2. The molecule has 8 rings (SSSR count). The first-order valence-electron chi connectivity index (χ1n) is 17.8. The molecule has 0 radical (unpaired) electrons. The number of nitrogens with one attached hydrogen (secondary N) is 4. The molecule has 16 heteroatoms. The molecule has 2 aliphatic carbocycles. The number of nitrogen functional groups attached to an aromatic ring is 2. The second kappa shape index (κ2) is 14.6. The first kappa shape index (κ1) is 36.0. The van der Waals surface area contributed by atoms with Crippen molar-refractivity contribution in [1.82, 2.24) is 20.6 Å². The van der Waals surface area contributed by atoms with Gasteiger partial charge in [-0.15, -0.1) is 0 Å². The minimum Gasteiger partial charge on any atom is -0.398 e. The minimum atomic E-state index is -0.261. The average molecular weight is 729 g/mol. The molecule has 0 bridgehead atoms. The lowest BCUT2D eigenvalue weighted by Gasteiger charge is -2.34. The van der Waals surface area contributed by atoms with Gasteiger partial charge < -0.3 is 42.5 Å². The Bertz CT molecular complexity index is 2120. The summed E-state index contributed by atoms with van der Waals surface area (Å²) in [7, 11) is 0. The molecule has 2 aromatic carbocycles. The van der Waals surface area contributed by atoms with E-state index in [1.165, 1.54) is 0 Å². The highest BCUT2D eigenvalue weighted by atomic mass is 16.2. The van der Waals surface area contributed by atoms with E-state index >= 15 is 0 Å². The first-order valence-corrected chi connectivity index (χ1v) is 17.8. The zero-order valence-corrected chi connectivity index (χ0v) is 29.8. The largest absolute Gasteiger partial charge is 0.398 e. The number of hydrogen-bond acceptors (Lipinski definition) is 12. The molecule has 2 saturated heterocycles. The van der Waals surface area contributed by atoms with Gasteiger partial charge in [-0.25, -0.2) is 9.97 Å². The molecule has 16 nitrogen and oxygen atoms in total. The standard InChI is InChI=1S/2C19H20N6O2/c2*1-10-7-22-9-18(26)25(10)13-2-11-4-17(23-8-15(11)16(21)5-13)24-19(27)14-3-12(14)6-20/h2*2,4-5,8,10,12,14,22H,3,7,9,21H2,1H3,(H,23,24,27)/t2*10?,12-,14+/m10/s1. The second-order valence-electron chi connectivity index (χ2n) is 14.3. The van der Waals surface area contributed by atoms with Crippen molar-refractivity contribution in [3.8, 4) is 12.1 Å². The van der Waals surface area contributed by atoms with Crippen LogP contribution in [0.2, 0.25) is 0 Å². The molecule has 4 aliphatic rings. The van der Waals surface area contributed by atoms with Gasteiger partial charge in [0.1, 0.15) is 11.6 Å².